The molecule has 2 rings (SSSR count). The lowest BCUT2D eigenvalue weighted by Gasteiger charge is -2.10. The minimum absolute atomic E-state index is 0.0930. The van der Waals surface area contributed by atoms with Crippen molar-refractivity contribution in [1.29, 1.82) is 0 Å². The first kappa shape index (κ1) is 13.9. The Morgan fingerprint density at radius 1 is 1.35 bits per heavy atom. The van der Waals surface area contributed by atoms with Gasteiger partial charge in [0.15, 0.2) is 0 Å². The summed E-state index contributed by atoms with van der Waals surface area (Å²) in [6, 6.07) is 9.02. The van der Waals surface area contributed by atoms with Gasteiger partial charge in [-0.1, -0.05) is 12.1 Å². The predicted octanol–water partition coefficient (Wildman–Crippen LogP) is 2.68. The number of nitrogens with zero attached hydrogens (tertiary/aromatic N) is 1. The molecular weight excluding hydrogens is 258 g/mol. The minimum Gasteiger partial charge on any atom is -0.497 e. The summed E-state index contributed by atoms with van der Waals surface area (Å²) in [7, 11) is 1.59. The first-order valence-corrected chi connectivity index (χ1v) is 6.06. The fourth-order valence-electron chi connectivity index (χ4n) is 1.82. The smallest absolute Gasteiger partial charge is 0.341 e. The van der Waals surface area contributed by atoms with Crippen molar-refractivity contribution >= 4 is 5.97 Å². The van der Waals surface area contributed by atoms with Gasteiger partial charge in [0.1, 0.15) is 17.9 Å². The zero-order valence-corrected chi connectivity index (χ0v) is 11.3. The Labute approximate surface area is 116 Å². The summed E-state index contributed by atoms with van der Waals surface area (Å²) < 4.78 is 10.6. The Morgan fingerprint density at radius 3 is 2.85 bits per heavy atom. The highest BCUT2D eigenvalue weighted by Gasteiger charge is 2.15. The summed E-state index contributed by atoms with van der Waals surface area (Å²) >= 11 is 0. The number of methoxy groups -OCH3 is 1. The highest BCUT2D eigenvalue weighted by atomic mass is 16.5. The zero-order valence-electron chi connectivity index (χ0n) is 11.3. The lowest BCUT2D eigenvalue weighted by atomic mass is 10.1. The van der Waals surface area contributed by atoms with Crippen LogP contribution in [0, 0.1) is 6.92 Å². The molecule has 0 saturated carbocycles. The van der Waals surface area contributed by atoms with Crippen molar-refractivity contribution < 1.29 is 19.4 Å². The molecule has 1 aromatic heterocycles. The summed E-state index contributed by atoms with van der Waals surface area (Å²) in [5, 5.41) is 9.19. The normalized spacial score (nSPS) is 10.1. The summed E-state index contributed by atoms with van der Waals surface area (Å²) in [6.07, 6.45) is 1.53. The fourth-order valence-corrected chi connectivity index (χ4v) is 1.82. The largest absolute Gasteiger partial charge is 0.497 e. The maximum Gasteiger partial charge on any atom is 0.341 e. The van der Waals surface area contributed by atoms with E-state index in [9.17, 15) is 9.90 Å². The quantitative estimate of drug-likeness (QED) is 0.907. The van der Waals surface area contributed by atoms with Crippen LogP contribution >= 0.6 is 0 Å². The van der Waals surface area contributed by atoms with E-state index in [1.54, 1.807) is 20.1 Å². The minimum atomic E-state index is -1.05. The second-order valence-corrected chi connectivity index (χ2v) is 4.25. The van der Waals surface area contributed by atoms with Crippen molar-refractivity contribution in [3.8, 4) is 11.6 Å². The average molecular weight is 273 g/mol. The standard InChI is InChI=1S/C15H15NO4/c1-10-6-7-16-14(13(10)15(17)18)20-9-11-4-3-5-12(8-11)19-2/h3-8H,9H2,1-2H3,(H,17,18). The van der Waals surface area contributed by atoms with Crippen LogP contribution < -0.4 is 9.47 Å². The van der Waals surface area contributed by atoms with Crippen LogP contribution in [0.5, 0.6) is 11.6 Å². The molecule has 20 heavy (non-hydrogen) atoms. The summed E-state index contributed by atoms with van der Waals surface area (Å²) in [5.74, 6) is -0.196. The van der Waals surface area contributed by atoms with Gasteiger partial charge < -0.3 is 14.6 Å². The molecule has 0 aliphatic carbocycles. The topological polar surface area (TPSA) is 68.7 Å². The molecule has 0 spiro atoms. The lowest BCUT2D eigenvalue weighted by molar-refractivity contribution is 0.0689. The van der Waals surface area contributed by atoms with Gasteiger partial charge in [-0.25, -0.2) is 9.78 Å². The van der Waals surface area contributed by atoms with E-state index in [4.69, 9.17) is 9.47 Å². The summed E-state index contributed by atoms with van der Waals surface area (Å²) in [5.41, 5.74) is 1.59. The van der Waals surface area contributed by atoms with Crippen LogP contribution in [0.1, 0.15) is 21.5 Å². The van der Waals surface area contributed by atoms with E-state index < -0.39 is 5.97 Å². The van der Waals surface area contributed by atoms with Gasteiger partial charge in [0.05, 0.1) is 7.11 Å². The third-order valence-corrected chi connectivity index (χ3v) is 2.85. The van der Waals surface area contributed by atoms with Gasteiger partial charge >= 0.3 is 5.97 Å². The van der Waals surface area contributed by atoms with Gasteiger partial charge in [-0.2, -0.15) is 0 Å². The van der Waals surface area contributed by atoms with Crippen molar-refractivity contribution in [1.82, 2.24) is 4.98 Å². The number of benzene rings is 1. The van der Waals surface area contributed by atoms with Crippen LogP contribution in [-0.2, 0) is 6.61 Å². The average Bonchev–Trinajstić information content (AvgIpc) is 2.45. The Kier molecular flexibility index (Phi) is 4.20. The van der Waals surface area contributed by atoms with E-state index in [1.807, 2.05) is 24.3 Å². The molecule has 1 aromatic carbocycles. The molecule has 0 bridgehead atoms. The van der Waals surface area contributed by atoms with Crippen LogP contribution in [0.2, 0.25) is 0 Å². The fraction of sp³-hybridized carbons (Fsp3) is 0.200. The number of aromatic carboxylic acids is 1. The van der Waals surface area contributed by atoms with Crippen molar-refractivity contribution in [2.45, 2.75) is 13.5 Å². The van der Waals surface area contributed by atoms with E-state index in [2.05, 4.69) is 4.98 Å². The van der Waals surface area contributed by atoms with Crippen molar-refractivity contribution in [3.05, 3.63) is 53.2 Å². The number of ether oxygens (including phenoxy) is 2. The first-order valence-electron chi connectivity index (χ1n) is 6.06. The number of aryl methyl sites for hydroxylation is 1. The highest BCUT2D eigenvalue weighted by molar-refractivity contribution is 5.91. The molecule has 2 aromatic rings. The highest BCUT2D eigenvalue weighted by Crippen LogP contribution is 2.21. The Balaban J connectivity index is 2.18. The number of hydrogen-bond acceptors (Lipinski definition) is 4. The van der Waals surface area contributed by atoms with Crippen LogP contribution in [0.4, 0.5) is 0 Å². The van der Waals surface area contributed by atoms with Crippen molar-refractivity contribution in [3.63, 3.8) is 0 Å². The third-order valence-electron chi connectivity index (χ3n) is 2.85. The third kappa shape index (κ3) is 3.06. The Bertz CT molecular complexity index is 625. The molecule has 1 heterocycles. The van der Waals surface area contributed by atoms with E-state index in [0.29, 0.717) is 5.56 Å². The Hall–Kier alpha value is -2.56. The number of rotatable bonds is 5. The summed E-state index contributed by atoms with van der Waals surface area (Å²) in [6.45, 7) is 1.94. The maximum atomic E-state index is 11.2. The van der Waals surface area contributed by atoms with Crippen molar-refractivity contribution in [2.75, 3.05) is 7.11 Å². The van der Waals surface area contributed by atoms with Gasteiger partial charge in [-0.15, -0.1) is 0 Å². The number of aromatic nitrogens is 1. The molecule has 0 radical (unpaired) electrons. The van der Waals surface area contributed by atoms with Crippen LogP contribution in [-0.4, -0.2) is 23.2 Å². The maximum absolute atomic E-state index is 11.2. The van der Waals surface area contributed by atoms with Crippen LogP contribution in [0.25, 0.3) is 0 Å². The van der Waals surface area contributed by atoms with Gasteiger partial charge in [0.25, 0.3) is 0 Å². The van der Waals surface area contributed by atoms with E-state index in [0.717, 1.165) is 11.3 Å². The number of carboxylic acid groups (broad SMARTS) is 1. The molecule has 0 aliphatic rings. The number of pyridine rings is 1. The molecule has 0 atom stereocenters. The van der Waals surface area contributed by atoms with E-state index in [-0.39, 0.29) is 18.1 Å². The first-order chi connectivity index (χ1) is 9.61. The SMILES string of the molecule is COc1cccc(COc2nccc(C)c2C(=O)O)c1. The molecule has 0 fully saturated rings. The molecule has 1 N–H and O–H groups in total. The van der Waals surface area contributed by atoms with Gasteiger partial charge in [0.2, 0.25) is 5.88 Å². The summed E-state index contributed by atoms with van der Waals surface area (Å²) in [4.78, 5) is 15.2. The van der Waals surface area contributed by atoms with Gasteiger partial charge in [-0.05, 0) is 36.2 Å². The predicted molar refractivity (Wildman–Crippen MR) is 73.3 cm³/mol. The lowest BCUT2D eigenvalue weighted by Crippen LogP contribution is -2.07. The molecule has 104 valence electrons. The van der Waals surface area contributed by atoms with Crippen LogP contribution in [0.3, 0.4) is 0 Å². The molecular formula is C15H15NO4. The van der Waals surface area contributed by atoms with Gasteiger partial charge in [0, 0.05) is 6.20 Å². The second-order valence-electron chi connectivity index (χ2n) is 4.25. The number of carboxylic acids is 1. The number of hydrogen-bond donors (Lipinski definition) is 1. The molecule has 5 heteroatoms. The van der Waals surface area contributed by atoms with E-state index >= 15 is 0 Å². The Morgan fingerprint density at radius 2 is 2.15 bits per heavy atom. The monoisotopic (exact) mass is 273 g/mol. The van der Waals surface area contributed by atoms with E-state index in [1.165, 1.54) is 6.20 Å². The second kappa shape index (κ2) is 6.06. The van der Waals surface area contributed by atoms with Crippen molar-refractivity contribution in [2.24, 2.45) is 0 Å². The van der Waals surface area contributed by atoms with Crippen LogP contribution in [0.15, 0.2) is 36.5 Å². The van der Waals surface area contributed by atoms with Gasteiger partial charge in [-0.3, -0.25) is 0 Å². The zero-order chi connectivity index (χ0) is 14.5. The molecule has 0 unspecified atom stereocenters. The molecule has 0 amide bonds. The molecule has 0 saturated heterocycles. The number of carbonyl (C=O) groups is 1. The molecule has 5 nitrogen and oxygen atoms in total. The molecule has 0 aliphatic heterocycles.